The third kappa shape index (κ3) is 4.99. The SMILES string of the molecule is CCN1CCCC[C@H](NC(=O)c2cc(C(=O)NCc3ccc4c(c3)NC(=O)CO4)nc3c(F)cnn23)C1=O. The predicted octanol–water partition coefficient (Wildman–Crippen LogP) is 1.26. The number of carbonyl (C=O) groups excluding carboxylic acids is 4. The van der Waals surface area contributed by atoms with Crippen LogP contribution in [-0.2, 0) is 16.1 Å². The number of nitrogens with one attached hydrogen (secondary N) is 3. The molecule has 1 atom stereocenters. The van der Waals surface area contributed by atoms with Crippen LogP contribution in [0.15, 0.2) is 30.5 Å². The van der Waals surface area contributed by atoms with Crippen molar-refractivity contribution in [1.29, 1.82) is 0 Å². The molecule has 13 heteroatoms. The molecule has 0 saturated carbocycles. The number of carbonyl (C=O) groups is 4. The maximum absolute atomic E-state index is 14.4. The van der Waals surface area contributed by atoms with Crippen molar-refractivity contribution in [2.75, 3.05) is 25.0 Å². The maximum atomic E-state index is 14.4. The number of likely N-dealkylation sites (tertiary alicyclic amines) is 1. The fourth-order valence-corrected chi connectivity index (χ4v) is 4.51. The third-order valence-electron chi connectivity index (χ3n) is 6.49. The molecule has 3 aromatic rings. The van der Waals surface area contributed by atoms with Gasteiger partial charge in [0.15, 0.2) is 18.1 Å². The van der Waals surface area contributed by atoms with Gasteiger partial charge in [0.05, 0.1) is 11.9 Å². The van der Waals surface area contributed by atoms with Crippen LogP contribution in [0.2, 0.25) is 0 Å². The van der Waals surface area contributed by atoms with E-state index >= 15 is 0 Å². The molecule has 3 N–H and O–H groups in total. The zero-order valence-electron chi connectivity index (χ0n) is 20.6. The Morgan fingerprint density at radius 3 is 2.87 bits per heavy atom. The predicted molar refractivity (Wildman–Crippen MR) is 132 cm³/mol. The number of fused-ring (bicyclic) bond motifs is 2. The van der Waals surface area contributed by atoms with Gasteiger partial charge in [0.2, 0.25) is 5.91 Å². The lowest BCUT2D eigenvalue weighted by Crippen LogP contribution is -2.47. The van der Waals surface area contributed by atoms with E-state index in [1.165, 1.54) is 6.07 Å². The lowest BCUT2D eigenvalue weighted by Gasteiger charge is -2.23. The zero-order valence-corrected chi connectivity index (χ0v) is 20.6. The second kappa shape index (κ2) is 10.4. The first-order valence-corrected chi connectivity index (χ1v) is 12.3. The first-order chi connectivity index (χ1) is 18.3. The second-order valence-electron chi connectivity index (χ2n) is 9.04. The van der Waals surface area contributed by atoms with Crippen LogP contribution in [-0.4, -0.2) is 68.9 Å². The van der Waals surface area contributed by atoms with Crippen LogP contribution < -0.4 is 20.7 Å². The van der Waals surface area contributed by atoms with E-state index in [0.717, 1.165) is 23.6 Å². The minimum atomic E-state index is -0.804. The molecule has 0 radical (unpaired) electrons. The molecule has 1 aromatic carbocycles. The molecule has 4 heterocycles. The fraction of sp³-hybridized carbons (Fsp3) is 0.360. The van der Waals surface area contributed by atoms with Gasteiger partial charge in [0.1, 0.15) is 23.2 Å². The summed E-state index contributed by atoms with van der Waals surface area (Å²) in [5.41, 5.74) is 0.544. The number of aromatic nitrogens is 3. The highest BCUT2D eigenvalue weighted by molar-refractivity contribution is 6.00. The number of ether oxygens (including phenoxy) is 1. The first kappa shape index (κ1) is 25.1. The molecular weight excluding hydrogens is 497 g/mol. The normalized spacial score (nSPS) is 17.3. The highest BCUT2D eigenvalue weighted by Gasteiger charge is 2.29. The van der Waals surface area contributed by atoms with Crippen molar-refractivity contribution in [3.63, 3.8) is 0 Å². The molecule has 2 aliphatic heterocycles. The topological polar surface area (TPSA) is 147 Å². The quantitative estimate of drug-likeness (QED) is 0.441. The van der Waals surface area contributed by atoms with Crippen molar-refractivity contribution in [2.45, 2.75) is 38.8 Å². The van der Waals surface area contributed by atoms with E-state index in [-0.39, 0.29) is 42.0 Å². The van der Waals surface area contributed by atoms with E-state index in [0.29, 0.717) is 36.5 Å². The van der Waals surface area contributed by atoms with E-state index in [2.05, 4.69) is 26.0 Å². The number of benzene rings is 1. The summed E-state index contributed by atoms with van der Waals surface area (Å²) in [7, 11) is 0. The Balaban J connectivity index is 1.36. The number of amides is 4. The van der Waals surface area contributed by atoms with Gasteiger partial charge in [-0.1, -0.05) is 6.07 Å². The van der Waals surface area contributed by atoms with Gasteiger partial charge in [-0.3, -0.25) is 19.2 Å². The Morgan fingerprint density at radius 2 is 2.05 bits per heavy atom. The Kier molecular flexibility index (Phi) is 6.90. The van der Waals surface area contributed by atoms with Crippen LogP contribution in [0.4, 0.5) is 10.1 Å². The van der Waals surface area contributed by atoms with Gasteiger partial charge in [-0.05, 0) is 43.9 Å². The lowest BCUT2D eigenvalue weighted by molar-refractivity contribution is -0.132. The van der Waals surface area contributed by atoms with Crippen molar-refractivity contribution in [2.24, 2.45) is 0 Å². The van der Waals surface area contributed by atoms with Crippen LogP contribution in [0, 0.1) is 5.82 Å². The van der Waals surface area contributed by atoms with Crippen molar-refractivity contribution in [3.8, 4) is 5.75 Å². The number of anilines is 1. The molecule has 1 fully saturated rings. The van der Waals surface area contributed by atoms with Crippen LogP contribution in [0.5, 0.6) is 5.75 Å². The van der Waals surface area contributed by atoms with Crippen molar-refractivity contribution < 1.29 is 28.3 Å². The van der Waals surface area contributed by atoms with Gasteiger partial charge in [-0.2, -0.15) is 5.10 Å². The van der Waals surface area contributed by atoms with E-state index in [1.54, 1.807) is 23.1 Å². The Morgan fingerprint density at radius 1 is 1.21 bits per heavy atom. The van der Waals surface area contributed by atoms with Crippen LogP contribution in [0.3, 0.4) is 0 Å². The summed E-state index contributed by atoms with van der Waals surface area (Å²) in [6, 6.07) is 5.55. The van der Waals surface area contributed by atoms with Crippen molar-refractivity contribution in [3.05, 3.63) is 53.2 Å². The standard InChI is InChI=1S/C25H26FN7O5/c1-2-32-8-4-3-5-16(25(32)37)31-24(36)19-10-18(30-22-15(26)12-28-33(19)22)23(35)27-11-14-6-7-20-17(9-14)29-21(34)13-38-20/h6-7,9-10,12,16H,2-5,8,11,13H2,1H3,(H,27,35)(H,29,34)(H,31,36)/t16-/m0/s1. The number of hydrogen-bond donors (Lipinski definition) is 3. The largest absolute Gasteiger partial charge is 0.482 e. The van der Waals surface area contributed by atoms with Crippen LogP contribution >= 0.6 is 0 Å². The smallest absolute Gasteiger partial charge is 0.270 e. The molecule has 38 heavy (non-hydrogen) atoms. The molecule has 0 aliphatic carbocycles. The minimum Gasteiger partial charge on any atom is -0.482 e. The van der Waals surface area contributed by atoms with E-state index in [4.69, 9.17) is 4.74 Å². The molecule has 0 spiro atoms. The summed E-state index contributed by atoms with van der Waals surface area (Å²) < 4.78 is 20.8. The number of hydrogen-bond acceptors (Lipinski definition) is 7. The monoisotopic (exact) mass is 523 g/mol. The lowest BCUT2D eigenvalue weighted by atomic mass is 10.1. The average Bonchev–Trinajstić information content (AvgIpc) is 3.20. The summed E-state index contributed by atoms with van der Waals surface area (Å²) in [6.07, 6.45) is 2.98. The van der Waals surface area contributed by atoms with Crippen LogP contribution in [0.1, 0.15) is 52.7 Å². The first-order valence-electron chi connectivity index (χ1n) is 12.3. The Hall–Kier alpha value is -4.55. The van der Waals surface area contributed by atoms with Gasteiger partial charge in [0.25, 0.3) is 17.7 Å². The van der Waals surface area contributed by atoms with Gasteiger partial charge in [0, 0.05) is 25.7 Å². The molecule has 0 bridgehead atoms. The summed E-state index contributed by atoms with van der Waals surface area (Å²) in [5, 5.41) is 12.0. The Bertz CT molecular complexity index is 1440. The molecule has 2 aliphatic rings. The number of halogens is 1. The van der Waals surface area contributed by atoms with E-state index in [9.17, 15) is 23.6 Å². The van der Waals surface area contributed by atoms with Crippen LogP contribution in [0.25, 0.3) is 5.65 Å². The summed E-state index contributed by atoms with van der Waals surface area (Å²) >= 11 is 0. The minimum absolute atomic E-state index is 0.0654. The molecule has 12 nitrogen and oxygen atoms in total. The second-order valence-corrected chi connectivity index (χ2v) is 9.04. The maximum Gasteiger partial charge on any atom is 0.270 e. The summed E-state index contributed by atoms with van der Waals surface area (Å²) in [4.78, 5) is 56.4. The average molecular weight is 524 g/mol. The van der Waals surface area contributed by atoms with E-state index < -0.39 is 23.7 Å². The number of likely N-dealkylation sites (N-methyl/N-ethyl adjacent to an activating group) is 1. The third-order valence-corrected chi connectivity index (χ3v) is 6.49. The number of rotatable bonds is 6. The Labute approximate surface area is 216 Å². The fourth-order valence-electron chi connectivity index (χ4n) is 4.51. The highest BCUT2D eigenvalue weighted by Crippen LogP contribution is 2.28. The zero-order chi connectivity index (χ0) is 26.8. The molecular formula is C25H26FN7O5. The molecule has 198 valence electrons. The van der Waals surface area contributed by atoms with Gasteiger partial charge in [-0.25, -0.2) is 13.9 Å². The van der Waals surface area contributed by atoms with E-state index in [1.807, 2.05) is 6.92 Å². The number of nitrogens with zero attached hydrogens (tertiary/aromatic N) is 4. The molecule has 5 rings (SSSR count). The highest BCUT2D eigenvalue weighted by atomic mass is 19.1. The van der Waals surface area contributed by atoms with Crippen molar-refractivity contribution >= 4 is 35.0 Å². The molecule has 2 aromatic heterocycles. The van der Waals surface area contributed by atoms with Gasteiger partial charge in [-0.15, -0.1) is 0 Å². The van der Waals surface area contributed by atoms with Crippen molar-refractivity contribution in [1.82, 2.24) is 30.1 Å². The van der Waals surface area contributed by atoms with Gasteiger partial charge < -0.3 is 25.6 Å². The van der Waals surface area contributed by atoms with Gasteiger partial charge >= 0.3 is 0 Å². The molecule has 1 saturated heterocycles. The molecule has 4 amide bonds. The summed E-state index contributed by atoms with van der Waals surface area (Å²) in [5.74, 6) is -2.06. The molecule has 0 unspecified atom stereocenters. The summed E-state index contributed by atoms with van der Waals surface area (Å²) in [6.45, 7) is 3.04.